The minimum atomic E-state index is -0.687. The summed E-state index contributed by atoms with van der Waals surface area (Å²) < 4.78 is 1.91. The number of nitrogens with two attached hydrogens (primary N) is 1. The van der Waals surface area contributed by atoms with Crippen molar-refractivity contribution in [3.8, 4) is 0 Å². The van der Waals surface area contributed by atoms with Gasteiger partial charge in [0.15, 0.2) is 10.0 Å². The topological polar surface area (TPSA) is 139 Å². The Morgan fingerprint density at radius 1 is 1.27 bits per heavy atom. The van der Waals surface area contributed by atoms with Crippen molar-refractivity contribution < 1.29 is 4.79 Å². The van der Waals surface area contributed by atoms with Crippen molar-refractivity contribution in [2.45, 2.75) is 44.1 Å². The van der Waals surface area contributed by atoms with Crippen LogP contribution in [0.2, 0.25) is 0 Å². The highest BCUT2D eigenvalue weighted by atomic mass is 32.2. The van der Waals surface area contributed by atoms with Crippen LogP contribution in [-0.2, 0) is 11.3 Å². The van der Waals surface area contributed by atoms with Gasteiger partial charge in [-0.15, -0.1) is 10.2 Å². The van der Waals surface area contributed by atoms with E-state index >= 15 is 0 Å². The number of hydrogen-bond acceptors (Lipinski definition) is 9. The second-order valence-corrected chi connectivity index (χ2v) is 9.77. The fraction of sp³-hybridized carbons (Fsp3) is 0.381. The first kappa shape index (κ1) is 24.5. The molecule has 0 spiro atoms. The first-order valence-corrected chi connectivity index (χ1v) is 12.3. The lowest BCUT2D eigenvalue weighted by Gasteiger charge is -2.24. The molecule has 0 aliphatic heterocycles. The van der Waals surface area contributed by atoms with E-state index in [1.54, 1.807) is 0 Å². The van der Waals surface area contributed by atoms with E-state index in [4.69, 9.17) is 5.73 Å². The van der Waals surface area contributed by atoms with E-state index in [0.717, 1.165) is 5.56 Å². The Labute approximate surface area is 199 Å². The second-order valence-electron chi connectivity index (χ2n) is 7.57. The molecular formula is C21H27N7O3S2. The minimum Gasteiger partial charge on any atom is -0.383 e. The van der Waals surface area contributed by atoms with Crippen LogP contribution in [-0.4, -0.2) is 44.0 Å². The second kappa shape index (κ2) is 11.1. The van der Waals surface area contributed by atoms with Gasteiger partial charge in [-0.2, -0.15) is 0 Å². The number of aromatic amines is 1. The van der Waals surface area contributed by atoms with Gasteiger partial charge in [0.05, 0.1) is 12.3 Å². The molecule has 33 heavy (non-hydrogen) atoms. The van der Waals surface area contributed by atoms with Gasteiger partial charge in [-0.1, -0.05) is 60.4 Å². The summed E-state index contributed by atoms with van der Waals surface area (Å²) in [6.45, 7) is 6.35. The molecule has 3 aromatic rings. The lowest BCUT2D eigenvalue weighted by molar-refractivity contribution is -0.116. The van der Waals surface area contributed by atoms with Gasteiger partial charge < -0.3 is 16.0 Å². The van der Waals surface area contributed by atoms with Crippen LogP contribution in [0.15, 0.2) is 44.3 Å². The third-order valence-corrected chi connectivity index (χ3v) is 6.53. The molecule has 0 aliphatic carbocycles. The summed E-state index contributed by atoms with van der Waals surface area (Å²) >= 11 is 2.60. The van der Waals surface area contributed by atoms with Crippen molar-refractivity contribution in [2.75, 3.05) is 28.2 Å². The van der Waals surface area contributed by atoms with Crippen LogP contribution in [0.4, 0.5) is 16.6 Å². The number of nitrogens with zero attached hydrogens (tertiary/aromatic N) is 4. The lowest BCUT2D eigenvalue weighted by atomic mass is 10.2. The molecule has 1 aromatic carbocycles. The molecule has 2 heterocycles. The van der Waals surface area contributed by atoms with Gasteiger partial charge in [-0.25, -0.2) is 4.79 Å². The first-order valence-electron chi connectivity index (χ1n) is 10.5. The van der Waals surface area contributed by atoms with Crippen LogP contribution in [0, 0.1) is 0 Å². The largest absolute Gasteiger partial charge is 0.383 e. The van der Waals surface area contributed by atoms with Crippen molar-refractivity contribution in [3.05, 3.63) is 56.7 Å². The van der Waals surface area contributed by atoms with E-state index in [-0.39, 0.29) is 42.3 Å². The maximum Gasteiger partial charge on any atom is 0.330 e. The van der Waals surface area contributed by atoms with Gasteiger partial charge in [0, 0.05) is 12.6 Å². The molecule has 10 nitrogen and oxygen atoms in total. The third kappa shape index (κ3) is 6.23. The molecule has 3 rings (SSSR count). The highest BCUT2D eigenvalue weighted by molar-refractivity contribution is 8.01. The maximum atomic E-state index is 13.1. The molecule has 0 saturated carbocycles. The van der Waals surface area contributed by atoms with Gasteiger partial charge in [0.2, 0.25) is 11.0 Å². The summed E-state index contributed by atoms with van der Waals surface area (Å²) in [4.78, 5) is 41.9. The Morgan fingerprint density at radius 2 is 2.00 bits per heavy atom. The SMILES string of the molecule is CCCN(C(=O)CSc1nnc(NC(C)C)s1)c1c(N)n(Cc2ccccc2)c(=O)[nH]c1=O. The molecule has 0 bridgehead atoms. The third-order valence-electron chi connectivity index (χ3n) is 4.55. The first-order chi connectivity index (χ1) is 15.8. The van der Waals surface area contributed by atoms with Gasteiger partial charge in [-0.05, 0) is 25.8 Å². The average Bonchev–Trinajstić information content (AvgIpc) is 3.21. The summed E-state index contributed by atoms with van der Waals surface area (Å²) in [5.41, 5.74) is 5.79. The van der Waals surface area contributed by atoms with Crippen LogP contribution in [0.1, 0.15) is 32.8 Å². The number of carbonyl (C=O) groups excluding carboxylic acids is 1. The summed E-state index contributed by atoms with van der Waals surface area (Å²) in [6.07, 6.45) is 0.606. The van der Waals surface area contributed by atoms with E-state index in [1.807, 2.05) is 51.1 Å². The van der Waals surface area contributed by atoms with E-state index in [9.17, 15) is 14.4 Å². The van der Waals surface area contributed by atoms with E-state index in [1.165, 1.54) is 32.6 Å². The van der Waals surface area contributed by atoms with Gasteiger partial charge in [0.25, 0.3) is 5.56 Å². The highest BCUT2D eigenvalue weighted by Gasteiger charge is 2.24. The molecule has 0 atom stereocenters. The average molecular weight is 490 g/mol. The Hall–Kier alpha value is -3.12. The number of aromatic nitrogens is 4. The highest BCUT2D eigenvalue weighted by Crippen LogP contribution is 2.27. The standard InChI is InChI=1S/C21H27N7O3S2/c1-4-10-27(15(29)12-32-21-26-25-19(33-21)23-13(2)3)16-17(22)28(20(31)24-18(16)30)11-14-8-6-5-7-9-14/h5-9,13H,4,10-12,22H2,1-3H3,(H,23,25)(H,24,30,31). The normalized spacial score (nSPS) is 11.0. The Balaban J connectivity index is 1.85. The van der Waals surface area contributed by atoms with Crippen molar-refractivity contribution >= 4 is 45.6 Å². The van der Waals surface area contributed by atoms with Crippen molar-refractivity contribution in [2.24, 2.45) is 0 Å². The van der Waals surface area contributed by atoms with E-state index in [0.29, 0.717) is 15.9 Å². The molecule has 0 radical (unpaired) electrons. The number of amides is 1. The number of H-pyrrole nitrogens is 1. The Morgan fingerprint density at radius 3 is 2.67 bits per heavy atom. The fourth-order valence-electron chi connectivity index (χ4n) is 3.12. The predicted molar refractivity (Wildman–Crippen MR) is 133 cm³/mol. The zero-order chi connectivity index (χ0) is 24.0. The maximum absolute atomic E-state index is 13.1. The molecule has 4 N–H and O–H groups in total. The molecule has 0 fully saturated rings. The molecule has 0 unspecified atom stereocenters. The van der Waals surface area contributed by atoms with Crippen molar-refractivity contribution in [1.82, 2.24) is 19.7 Å². The van der Waals surface area contributed by atoms with Gasteiger partial charge in [0.1, 0.15) is 5.82 Å². The summed E-state index contributed by atoms with van der Waals surface area (Å²) in [5, 5.41) is 12.0. The van der Waals surface area contributed by atoms with Gasteiger partial charge >= 0.3 is 5.69 Å². The Kier molecular flexibility index (Phi) is 8.28. The van der Waals surface area contributed by atoms with Crippen LogP contribution in [0.5, 0.6) is 0 Å². The lowest BCUT2D eigenvalue weighted by Crippen LogP contribution is -2.42. The molecule has 0 aliphatic rings. The number of benzene rings is 1. The molecule has 12 heteroatoms. The summed E-state index contributed by atoms with van der Waals surface area (Å²) in [5.74, 6) is -0.302. The number of anilines is 3. The molecule has 2 aromatic heterocycles. The van der Waals surface area contributed by atoms with Gasteiger partial charge in [-0.3, -0.25) is 19.1 Å². The number of hydrogen-bond donors (Lipinski definition) is 3. The minimum absolute atomic E-state index is 0.0163. The van der Waals surface area contributed by atoms with E-state index < -0.39 is 11.2 Å². The van der Waals surface area contributed by atoms with Crippen LogP contribution in [0.25, 0.3) is 0 Å². The number of thioether (sulfide) groups is 1. The van der Waals surface area contributed by atoms with Crippen LogP contribution in [0.3, 0.4) is 0 Å². The number of rotatable bonds is 10. The van der Waals surface area contributed by atoms with Crippen molar-refractivity contribution in [3.63, 3.8) is 0 Å². The quantitative estimate of drug-likeness (QED) is 0.369. The monoisotopic (exact) mass is 489 g/mol. The van der Waals surface area contributed by atoms with E-state index in [2.05, 4.69) is 20.5 Å². The molecular weight excluding hydrogens is 462 g/mol. The number of carbonyl (C=O) groups is 1. The molecule has 0 saturated heterocycles. The number of nitrogens with one attached hydrogen (secondary N) is 2. The Bertz CT molecular complexity index is 1200. The summed E-state index contributed by atoms with van der Waals surface area (Å²) in [7, 11) is 0. The zero-order valence-electron chi connectivity index (χ0n) is 18.7. The van der Waals surface area contributed by atoms with Crippen molar-refractivity contribution in [1.29, 1.82) is 0 Å². The molecule has 1 amide bonds. The number of nitrogen functional groups attached to an aromatic ring is 1. The fourth-order valence-corrected chi connectivity index (χ4v) is 4.89. The zero-order valence-corrected chi connectivity index (χ0v) is 20.3. The smallest absolute Gasteiger partial charge is 0.330 e. The van der Waals surface area contributed by atoms with Crippen LogP contribution < -0.4 is 27.2 Å². The molecule has 176 valence electrons. The van der Waals surface area contributed by atoms with Crippen LogP contribution >= 0.6 is 23.1 Å². The summed E-state index contributed by atoms with van der Waals surface area (Å²) in [6, 6.07) is 9.50. The predicted octanol–water partition coefficient (Wildman–Crippen LogP) is 2.37.